The smallest absolute Gasteiger partial charge is 0.319 e. The van der Waals surface area contributed by atoms with Crippen LogP contribution in [0, 0.1) is 17.6 Å². The first-order chi connectivity index (χ1) is 30.5. The van der Waals surface area contributed by atoms with Crippen LogP contribution in [0.3, 0.4) is 0 Å². The average Bonchev–Trinajstić information content (AvgIpc) is 3.97. The van der Waals surface area contributed by atoms with Gasteiger partial charge in [0.1, 0.15) is 21.6 Å². The number of likely N-dealkylation sites (tertiary alicyclic amines) is 1. The van der Waals surface area contributed by atoms with Crippen LogP contribution in [-0.2, 0) is 20.9 Å². The molecule has 1 aliphatic heterocycles. The molecule has 0 aliphatic carbocycles. The van der Waals surface area contributed by atoms with Gasteiger partial charge in [-0.05, 0) is 55.3 Å². The number of carbonyl (C=O) groups is 5. The monoisotopic (exact) mass is 892 g/mol. The van der Waals surface area contributed by atoms with Gasteiger partial charge >= 0.3 is 11.9 Å². The average molecular weight is 893 g/mol. The van der Waals surface area contributed by atoms with Crippen LogP contribution in [0.2, 0.25) is 0 Å². The van der Waals surface area contributed by atoms with Gasteiger partial charge in [0.25, 0.3) is 17.7 Å². The molecule has 6 aromatic rings. The second-order valence-electron chi connectivity index (χ2n) is 14.6. The van der Waals surface area contributed by atoms with Crippen molar-refractivity contribution in [3.63, 3.8) is 0 Å². The van der Waals surface area contributed by atoms with Gasteiger partial charge < -0.3 is 10.1 Å². The molecule has 1 saturated heterocycles. The van der Waals surface area contributed by atoms with E-state index in [9.17, 15) is 32.8 Å². The number of hydrogen-bond donors (Lipinski definition) is 1. The van der Waals surface area contributed by atoms with E-state index in [4.69, 9.17) is 4.74 Å². The second kappa shape index (κ2) is 20.5. The van der Waals surface area contributed by atoms with Gasteiger partial charge in [-0.25, -0.2) is 8.78 Å². The quantitative estimate of drug-likeness (QED) is 0.0714. The largest absolute Gasteiger partial charge is 0.393 e. The van der Waals surface area contributed by atoms with Gasteiger partial charge in [0.05, 0.1) is 23.5 Å². The molecular weight excluding hydrogens is 851 g/mol. The number of esters is 2. The van der Waals surface area contributed by atoms with Crippen molar-refractivity contribution < 1.29 is 37.5 Å². The molecule has 1 fully saturated rings. The molecule has 1 N–H and O–H groups in total. The van der Waals surface area contributed by atoms with Gasteiger partial charge in [-0.15, -0.1) is 20.4 Å². The van der Waals surface area contributed by atoms with E-state index in [0.717, 1.165) is 17.5 Å². The van der Waals surface area contributed by atoms with E-state index < -0.39 is 47.2 Å². The minimum Gasteiger partial charge on any atom is -0.393 e. The lowest BCUT2D eigenvalue weighted by molar-refractivity contribution is -0.166. The summed E-state index contributed by atoms with van der Waals surface area (Å²) >= 11 is 2.41. The van der Waals surface area contributed by atoms with E-state index in [1.807, 2.05) is 31.2 Å². The minimum absolute atomic E-state index is 0.0363. The van der Waals surface area contributed by atoms with Crippen molar-refractivity contribution in [2.45, 2.75) is 39.7 Å². The SMILES string of the molecule is CCCCN(C(=O)c1ccccc1F)c1nnc(-c2ccc(C(=O)NCCC(=O)OC(=O)C3CN(Cc4ccc(-c5nnc(N(CC)C(=O)c6ccccc6F)s5)cc4)C3)cc2)s1. The van der Waals surface area contributed by atoms with Crippen molar-refractivity contribution in [1.29, 1.82) is 0 Å². The van der Waals surface area contributed by atoms with Crippen molar-refractivity contribution in [1.82, 2.24) is 30.6 Å². The molecule has 7 rings (SSSR count). The summed E-state index contributed by atoms with van der Waals surface area (Å²) in [5.41, 5.74) is 2.71. The van der Waals surface area contributed by atoms with Crippen molar-refractivity contribution in [2.24, 2.45) is 5.92 Å². The number of ether oxygens (including phenoxy) is 1. The molecule has 1 aliphatic rings. The van der Waals surface area contributed by atoms with Crippen molar-refractivity contribution in [3.05, 3.63) is 131 Å². The number of carbonyl (C=O) groups excluding carboxylic acids is 5. The Morgan fingerprint density at radius 1 is 0.730 bits per heavy atom. The third-order valence-corrected chi connectivity index (χ3v) is 12.2. The van der Waals surface area contributed by atoms with Crippen LogP contribution in [0.1, 0.15) is 69.7 Å². The third kappa shape index (κ3) is 10.7. The summed E-state index contributed by atoms with van der Waals surface area (Å²) in [4.78, 5) is 69.0. The number of benzene rings is 4. The van der Waals surface area contributed by atoms with Crippen LogP contribution in [0.5, 0.6) is 0 Å². The lowest BCUT2D eigenvalue weighted by Gasteiger charge is -2.37. The first-order valence-electron chi connectivity index (χ1n) is 20.3. The lowest BCUT2D eigenvalue weighted by Crippen LogP contribution is -2.50. The van der Waals surface area contributed by atoms with Crippen molar-refractivity contribution in [2.75, 3.05) is 42.5 Å². The summed E-state index contributed by atoms with van der Waals surface area (Å²) in [6, 6.07) is 25.9. The summed E-state index contributed by atoms with van der Waals surface area (Å²) < 4.78 is 33.8. The molecule has 0 bridgehead atoms. The first kappa shape index (κ1) is 44.4. The Kier molecular flexibility index (Phi) is 14.5. The van der Waals surface area contributed by atoms with Gasteiger partial charge in [0.15, 0.2) is 0 Å². The maximum absolute atomic E-state index is 14.4. The molecule has 3 heterocycles. The second-order valence-corrected chi connectivity index (χ2v) is 16.5. The number of nitrogens with zero attached hydrogens (tertiary/aromatic N) is 7. The Morgan fingerprint density at radius 3 is 1.83 bits per heavy atom. The Hall–Kier alpha value is -6.63. The zero-order valence-corrected chi connectivity index (χ0v) is 36.0. The van der Waals surface area contributed by atoms with Crippen LogP contribution >= 0.6 is 22.7 Å². The normalized spacial score (nSPS) is 12.6. The molecule has 18 heteroatoms. The fourth-order valence-corrected chi connectivity index (χ4v) is 8.45. The molecule has 63 heavy (non-hydrogen) atoms. The number of rotatable bonds is 17. The number of nitrogens with one attached hydrogen (secondary N) is 1. The number of anilines is 2. The topological polar surface area (TPSA) is 168 Å². The summed E-state index contributed by atoms with van der Waals surface area (Å²) in [5, 5.41) is 21.4. The molecule has 3 amide bonds. The van der Waals surface area contributed by atoms with Gasteiger partial charge in [-0.1, -0.05) is 96.7 Å². The number of aromatic nitrogens is 4. The van der Waals surface area contributed by atoms with Crippen LogP contribution in [0.25, 0.3) is 21.1 Å². The highest BCUT2D eigenvalue weighted by Crippen LogP contribution is 2.32. The lowest BCUT2D eigenvalue weighted by atomic mass is 9.99. The molecule has 0 saturated carbocycles. The van der Waals surface area contributed by atoms with E-state index in [1.165, 1.54) is 68.9 Å². The highest BCUT2D eigenvalue weighted by Gasteiger charge is 2.35. The van der Waals surface area contributed by atoms with E-state index >= 15 is 0 Å². The highest BCUT2D eigenvalue weighted by molar-refractivity contribution is 7.19. The molecule has 2 aromatic heterocycles. The maximum atomic E-state index is 14.4. The summed E-state index contributed by atoms with van der Waals surface area (Å²) in [6.07, 6.45) is 1.32. The van der Waals surface area contributed by atoms with Crippen molar-refractivity contribution in [3.8, 4) is 21.1 Å². The summed E-state index contributed by atoms with van der Waals surface area (Å²) in [7, 11) is 0. The zero-order valence-electron chi connectivity index (χ0n) is 34.3. The molecule has 0 radical (unpaired) electrons. The fourth-order valence-electron chi connectivity index (χ4n) is 6.66. The van der Waals surface area contributed by atoms with E-state index in [2.05, 4.69) is 30.6 Å². The number of unbranched alkanes of at least 4 members (excludes halogenated alkanes) is 1. The molecular formula is C45H42F2N8O6S2. The molecule has 0 spiro atoms. The van der Waals surface area contributed by atoms with Crippen LogP contribution in [0.15, 0.2) is 97.1 Å². The van der Waals surface area contributed by atoms with Crippen LogP contribution in [-0.4, -0.2) is 87.7 Å². The van der Waals surface area contributed by atoms with E-state index in [0.29, 0.717) is 70.5 Å². The highest BCUT2D eigenvalue weighted by atomic mass is 32.1. The Labute approximate surface area is 369 Å². The van der Waals surface area contributed by atoms with Gasteiger partial charge in [0, 0.05) is 56.0 Å². The fraction of sp³-hybridized carbons (Fsp3) is 0.267. The van der Waals surface area contributed by atoms with Gasteiger partial charge in [-0.3, -0.25) is 38.7 Å². The summed E-state index contributed by atoms with van der Waals surface area (Å²) in [5.74, 6) is -4.44. The summed E-state index contributed by atoms with van der Waals surface area (Å²) in [6.45, 7) is 5.79. The predicted molar refractivity (Wildman–Crippen MR) is 234 cm³/mol. The number of hydrogen-bond acceptors (Lipinski definition) is 13. The van der Waals surface area contributed by atoms with Gasteiger partial charge in [0.2, 0.25) is 10.3 Å². The maximum Gasteiger partial charge on any atom is 0.319 e. The van der Waals surface area contributed by atoms with Gasteiger partial charge in [-0.2, -0.15) is 0 Å². The Balaban J connectivity index is 0.824. The van der Waals surface area contributed by atoms with Crippen molar-refractivity contribution >= 4 is 62.6 Å². The molecule has 0 unspecified atom stereocenters. The Bertz CT molecular complexity index is 2600. The number of halogens is 2. The zero-order chi connectivity index (χ0) is 44.5. The first-order valence-corrected chi connectivity index (χ1v) is 21.9. The molecule has 0 atom stereocenters. The minimum atomic E-state index is -0.739. The van der Waals surface area contributed by atoms with Crippen LogP contribution < -0.4 is 15.1 Å². The molecule has 4 aromatic carbocycles. The van der Waals surface area contributed by atoms with Crippen LogP contribution in [0.4, 0.5) is 19.0 Å². The molecule has 14 nitrogen and oxygen atoms in total. The molecule has 324 valence electrons. The van der Waals surface area contributed by atoms with E-state index in [-0.39, 0.29) is 24.1 Å². The Morgan fingerprint density at radius 2 is 1.27 bits per heavy atom. The predicted octanol–water partition coefficient (Wildman–Crippen LogP) is 7.44. The number of amides is 3. The third-order valence-electron chi connectivity index (χ3n) is 10.2. The standard InChI is InChI=1S/C45H42F2N8O6S2/c1-3-5-24-55(42(59)34-11-7-9-13-36(34)47)45-52-50-40(63-45)31-20-18-29(19-21-31)38(57)48-23-22-37(56)61-43(60)32-26-53(27-32)25-28-14-16-30(17-15-28)39-49-51-44(62-39)54(4-2)41(58)33-10-6-8-12-35(33)46/h6-21,32H,3-5,22-27H2,1-2H3,(H,48,57). The van der Waals surface area contributed by atoms with E-state index in [1.54, 1.807) is 43.3 Å².